The SMILES string of the molecule is Cc1cc(/C=C2\SC(=Nc3ccccc3)N(C3CCCCC3)C2=O)c(C)n1-c1ccc(I)cc1. The Hall–Kier alpha value is -2.32. The molecule has 0 radical (unpaired) electrons. The fourth-order valence-corrected chi connectivity index (χ4v) is 6.31. The zero-order chi connectivity index (χ0) is 23.7. The summed E-state index contributed by atoms with van der Waals surface area (Å²) in [6, 6.07) is 20.9. The minimum atomic E-state index is 0.0886. The first-order chi connectivity index (χ1) is 16.5. The lowest BCUT2D eigenvalue weighted by atomic mass is 9.94. The molecule has 3 aromatic rings. The molecule has 2 aromatic carbocycles. The van der Waals surface area contributed by atoms with E-state index in [0.717, 1.165) is 51.2 Å². The molecule has 6 heteroatoms. The summed E-state index contributed by atoms with van der Waals surface area (Å²) in [4.78, 5) is 21.3. The Morgan fingerprint density at radius 1 is 1.00 bits per heavy atom. The zero-order valence-corrected chi connectivity index (χ0v) is 22.5. The van der Waals surface area contributed by atoms with E-state index in [-0.39, 0.29) is 11.9 Å². The minimum absolute atomic E-state index is 0.0886. The number of carbonyl (C=O) groups is 1. The smallest absolute Gasteiger partial charge is 0.267 e. The lowest BCUT2D eigenvalue weighted by Crippen LogP contribution is -2.40. The molecule has 0 unspecified atom stereocenters. The van der Waals surface area contributed by atoms with Gasteiger partial charge in [0.05, 0.1) is 10.6 Å². The number of nitrogens with zero attached hydrogens (tertiary/aromatic N) is 3. The lowest BCUT2D eigenvalue weighted by molar-refractivity contribution is -0.124. The highest BCUT2D eigenvalue weighted by Crippen LogP contribution is 2.39. The largest absolute Gasteiger partial charge is 0.318 e. The molecule has 34 heavy (non-hydrogen) atoms. The molecule has 0 spiro atoms. The summed E-state index contributed by atoms with van der Waals surface area (Å²) < 4.78 is 3.47. The molecule has 1 amide bonds. The van der Waals surface area contributed by atoms with Crippen LogP contribution < -0.4 is 0 Å². The average Bonchev–Trinajstić information content (AvgIpc) is 3.30. The van der Waals surface area contributed by atoms with Gasteiger partial charge in [0.15, 0.2) is 5.17 Å². The van der Waals surface area contributed by atoms with Gasteiger partial charge < -0.3 is 4.57 Å². The van der Waals surface area contributed by atoms with Crippen molar-refractivity contribution in [2.75, 3.05) is 0 Å². The normalized spacial score (nSPS) is 19.5. The number of aliphatic imine (C=N–C) groups is 1. The van der Waals surface area contributed by atoms with Crippen molar-refractivity contribution in [2.24, 2.45) is 4.99 Å². The molecule has 1 aliphatic carbocycles. The van der Waals surface area contributed by atoms with Crippen molar-refractivity contribution in [2.45, 2.75) is 52.0 Å². The highest BCUT2D eigenvalue weighted by atomic mass is 127. The Morgan fingerprint density at radius 2 is 1.71 bits per heavy atom. The van der Waals surface area contributed by atoms with Gasteiger partial charge in [0.25, 0.3) is 5.91 Å². The number of thioether (sulfide) groups is 1. The zero-order valence-electron chi connectivity index (χ0n) is 19.5. The molecule has 1 saturated heterocycles. The lowest BCUT2D eigenvalue weighted by Gasteiger charge is -2.30. The van der Waals surface area contributed by atoms with E-state index in [9.17, 15) is 4.79 Å². The van der Waals surface area contributed by atoms with E-state index < -0.39 is 0 Å². The van der Waals surface area contributed by atoms with Gasteiger partial charge in [0.2, 0.25) is 0 Å². The third-order valence-corrected chi connectivity index (χ3v) is 8.30. The maximum Gasteiger partial charge on any atom is 0.267 e. The Labute approximate surface area is 219 Å². The minimum Gasteiger partial charge on any atom is -0.318 e. The van der Waals surface area contributed by atoms with Crippen molar-refractivity contribution in [1.82, 2.24) is 9.47 Å². The average molecular weight is 582 g/mol. The molecule has 2 aliphatic rings. The van der Waals surface area contributed by atoms with Crippen LogP contribution in [0.2, 0.25) is 0 Å². The predicted molar refractivity (Wildman–Crippen MR) is 151 cm³/mol. The molecule has 0 atom stereocenters. The van der Waals surface area contributed by atoms with E-state index >= 15 is 0 Å². The molecule has 174 valence electrons. The van der Waals surface area contributed by atoms with Gasteiger partial charge >= 0.3 is 0 Å². The van der Waals surface area contributed by atoms with Crippen molar-refractivity contribution in [3.8, 4) is 5.69 Å². The van der Waals surface area contributed by atoms with Gasteiger partial charge in [-0.25, -0.2) is 4.99 Å². The highest BCUT2D eigenvalue weighted by Gasteiger charge is 2.38. The number of aromatic nitrogens is 1. The van der Waals surface area contributed by atoms with Crippen molar-refractivity contribution >= 4 is 57.2 Å². The van der Waals surface area contributed by atoms with Gasteiger partial charge in [-0.3, -0.25) is 9.69 Å². The van der Waals surface area contributed by atoms with Crippen LogP contribution in [0.5, 0.6) is 0 Å². The van der Waals surface area contributed by atoms with Crippen LogP contribution in [0.25, 0.3) is 11.8 Å². The van der Waals surface area contributed by atoms with Crippen LogP contribution in [0.1, 0.15) is 49.1 Å². The number of carbonyl (C=O) groups excluding carboxylic acids is 1. The summed E-state index contributed by atoms with van der Waals surface area (Å²) in [5.74, 6) is 0.0886. The topological polar surface area (TPSA) is 37.6 Å². The summed E-state index contributed by atoms with van der Waals surface area (Å²) >= 11 is 3.84. The van der Waals surface area contributed by atoms with E-state index in [1.54, 1.807) is 0 Å². The first-order valence-electron chi connectivity index (χ1n) is 11.8. The standard InChI is InChI=1S/C28H28IN3OS/c1-19-17-21(20(2)31(19)25-15-13-22(29)14-16-25)18-26-27(33)32(24-11-7-4-8-12-24)28(34-26)30-23-9-5-3-6-10-23/h3,5-6,9-10,13-18,24H,4,7-8,11-12H2,1-2H3/b26-18-,30-28?. The van der Waals surface area contributed by atoms with Crippen molar-refractivity contribution < 1.29 is 4.79 Å². The monoisotopic (exact) mass is 581 g/mol. The second-order valence-electron chi connectivity index (χ2n) is 8.95. The third-order valence-electron chi connectivity index (χ3n) is 6.60. The number of amidine groups is 1. The van der Waals surface area contributed by atoms with Crippen LogP contribution in [-0.2, 0) is 4.79 Å². The molecule has 1 saturated carbocycles. The van der Waals surface area contributed by atoms with Crippen LogP contribution in [0.3, 0.4) is 0 Å². The Kier molecular flexibility index (Phi) is 6.97. The maximum atomic E-state index is 13.7. The second kappa shape index (κ2) is 10.1. The molecular weight excluding hydrogens is 553 g/mol. The Balaban J connectivity index is 1.52. The van der Waals surface area contributed by atoms with Crippen LogP contribution >= 0.6 is 34.4 Å². The molecule has 1 aliphatic heterocycles. The van der Waals surface area contributed by atoms with Crippen LogP contribution in [0, 0.1) is 17.4 Å². The van der Waals surface area contributed by atoms with Crippen molar-refractivity contribution in [3.05, 3.63) is 86.1 Å². The van der Waals surface area contributed by atoms with E-state index in [1.807, 2.05) is 35.2 Å². The summed E-state index contributed by atoms with van der Waals surface area (Å²) in [6.45, 7) is 4.24. The van der Waals surface area contributed by atoms with E-state index in [2.05, 4.69) is 77.4 Å². The van der Waals surface area contributed by atoms with Crippen LogP contribution in [0.4, 0.5) is 5.69 Å². The van der Waals surface area contributed by atoms with Crippen molar-refractivity contribution in [3.63, 3.8) is 0 Å². The van der Waals surface area contributed by atoms with E-state index in [4.69, 9.17) is 4.99 Å². The first-order valence-corrected chi connectivity index (χ1v) is 13.7. The van der Waals surface area contributed by atoms with Gasteiger partial charge in [0.1, 0.15) is 0 Å². The summed E-state index contributed by atoms with van der Waals surface area (Å²) in [5, 5.41) is 0.806. The molecule has 0 bridgehead atoms. The quantitative estimate of drug-likeness (QED) is 0.235. The molecule has 2 heterocycles. The molecule has 5 rings (SSSR count). The first kappa shape index (κ1) is 23.4. The van der Waals surface area contributed by atoms with Gasteiger partial charge in [0, 0.05) is 26.7 Å². The molecular formula is C28H28IN3OS. The fraction of sp³-hybridized carbons (Fsp3) is 0.286. The van der Waals surface area contributed by atoms with E-state index in [1.165, 1.54) is 34.6 Å². The molecule has 1 aromatic heterocycles. The molecule has 4 nitrogen and oxygen atoms in total. The number of para-hydroxylation sites is 1. The fourth-order valence-electron chi connectivity index (χ4n) is 4.90. The third kappa shape index (κ3) is 4.75. The van der Waals surface area contributed by atoms with Gasteiger partial charge in [-0.1, -0.05) is 37.5 Å². The summed E-state index contributed by atoms with van der Waals surface area (Å²) in [6.07, 6.45) is 7.76. The van der Waals surface area contributed by atoms with E-state index in [0.29, 0.717) is 0 Å². The Morgan fingerprint density at radius 3 is 2.41 bits per heavy atom. The van der Waals surface area contributed by atoms with Crippen molar-refractivity contribution in [1.29, 1.82) is 0 Å². The number of aryl methyl sites for hydroxylation is 1. The summed E-state index contributed by atoms with van der Waals surface area (Å²) in [5.41, 5.74) is 5.40. The number of halogens is 1. The second-order valence-corrected chi connectivity index (χ2v) is 11.2. The molecule has 2 fully saturated rings. The van der Waals surface area contributed by atoms with Gasteiger partial charge in [-0.05, 0) is 115 Å². The number of hydrogen-bond acceptors (Lipinski definition) is 3. The Bertz CT molecular complexity index is 1250. The predicted octanol–water partition coefficient (Wildman–Crippen LogP) is 7.64. The van der Waals surface area contributed by atoms with Gasteiger partial charge in [-0.15, -0.1) is 0 Å². The van der Waals surface area contributed by atoms with Crippen LogP contribution in [-0.4, -0.2) is 26.6 Å². The molecule has 0 N–H and O–H groups in total. The van der Waals surface area contributed by atoms with Gasteiger partial charge in [-0.2, -0.15) is 0 Å². The highest BCUT2D eigenvalue weighted by molar-refractivity contribution is 14.1. The number of rotatable bonds is 4. The number of amides is 1. The number of hydrogen-bond donors (Lipinski definition) is 0. The number of benzene rings is 2. The maximum absolute atomic E-state index is 13.7. The van der Waals surface area contributed by atoms with Crippen LogP contribution in [0.15, 0.2) is 70.6 Å². The summed E-state index contributed by atoms with van der Waals surface area (Å²) in [7, 11) is 0.